The molecular formula is C21H16O. The predicted molar refractivity (Wildman–Crippen MR) is 91.0 cm³/mol. The Bertz CT molecular complexity index is 876. The van der Waals surface area contributed by atoms with Crippen molar-refractivity contribution in [3.8, 4) is 0 Å². The number of aldehydes is 1. The van der Waals surface area contributed by atoms with Crippen LogP contribution in [0.1, 0.15) is 28.5 Å². The molecule has 1 heteroatoms. The minimum Gasteiger partial charge on any atom is -0.303 e. The average Bonchev–Trinajstić information content (AvgIpc) is 2.60. The topological polar surface area (TPSA) is 17.1 Å². The van der Waals surface area contributed by atoms with Crippen molar-refractivity contribution in [2.75, 3.05) is 0 Å². The Morgan fingerprint density at radius 2 is 1.59 bits per heavy atom. The second kappa shape index (κ2) is 5.27. The highest BCUT2D eigenvalue weighted by atomic mass is 16.1. The van der Waals surface area contributed by atoms with Crippen molar-refractivity contribution in [2.24, 2.45) is 0 Å². The van der Waals surface area contributed by atoms with E-state index in [1.807, 2.05) is 18.2 Å². The monoisotopic (exact) mass is 284 g/mol. The van der Waals surface area contributed by atoms with Crippen molar-refractivity contribution >= 4 is 23.1 Å². The van der Waals surface area contributed by atoms with Gasteiger partial charge in [0.1, 0.15) is 6.29 Å². The van der Waals surface area contributed by atoms with Gasteiger partial charge in [-0.2, -0.15) is 0 Å². The van der Waals surface area contributed by atoms with Gasteiger partial charge in [-0.15, -0.1) is 0 Å². The highest BCUT2D eigenvalue weighted by molar-refractivity contribution is 5.84. The van der Waals surface area contributed by atoms with Crippen LogP contribution in [0.15, 0.2) is 72.8 Å². The summed E-state index contributed by atoms with van der Waals surface area (Å²) in [5.74, 6) is -0.000585. The first-order valence-electron chi connectivity index (χ1n) is 7.58. The highest BCUT2D eigenvalue weighted by Crippen LogP contribution is 2.39. The van der Waals surface area contributed by atoms with Crippen molar-refractivity contribution in [3.63, 3.8) is 0 Å². The van der Waals surface area contributed by atoms with Gasteiger partial charge in [0.2, 0.25) is 0 Å². The molecule has 3 aromatic carbocycles. The summed E-state index contributed by atoms with van der Waals surface area (Å²) in [5.41, 5.74) is 3.47. The zero-order valence-electron chi connectivity index (χ0n) is 12.1. The van der Waals surface area contributed by atoms with Crippen LogP contribution >= 0.6 is 0 Å². The maximum Gasteiger partial charge on any atom is 0.128 e. The van der Waals surface area contributed by atoms with Crippen LogP contribution in [0.5, 0.6) is 0 Å². The smallest absolute Gasteiger partial charge is 0.128 e. The minimum atomic E-state index is -0.109. The van der Waals surface area contributed by atoms with E-state index in [9.17, 15) is 4.79 Å². The molecule has 0 fully saturated rings. The molecular weight excluding hydrogens is 268 g/mol. The molecule has 0 spiro atoms. The quantitative estimate of drug-likeness (QED) is 0.610. The number of benzene rings is 3. The van der Waals surface area contributed by atoms with E-state index in [0.717, 1.165) is 17.4 Å². The van der Waals surface area contributed by atoms with E-state index in [2.05, 4.69) is 60.7 Å². The zero-order valence-corrected chi connectivity index (χ0v) is 12.1. The molecule has 22 heavy (non-hydrogen) atoms. The fraction of sp³-hybridized carbons (Fsp3) is 0.0952. The number of hydrogen-bond donors (Lipinski definition) is 0. The molecule has 1 nitrogen and oxygen atoms in total. The summed E-state index contributed by atoms with van der Waals surface area (Å²) in [6.07, 6.45) is 5.38. The molecule has 0 unspecified atom stereocenters. The Balaban J connectivity index is 1.83. The zero-order chi connectivity index (χ0) is 14.9. The molecule has 0 radical (unpaired) electrons. The molecule has 2 atom stereocenters. The molecule has 0 aromatic heterocycles. The van der Waals surface area contributed by atoms with Crippen molar-refractivity contribution in [2.45, 2.75) is 11.8 Å². The highest BCUT2D eigenvalue weighted by Gasteiger charge is 2.26. The van der Waals surface area contributed by atoms with E-state index >= 15 is 0 Å². The van der Waals surface area contributed by atoms with Crippen LogP contribution in [0.4, 0.5) is 0 Å². The molecule has 4 rings (SSSR count). The summed E-state index contributed by atoms with van der Waals surface area (Å²) in [5, 5.41) is 2.45. The summed E-state index contributed by atoms with van der Waals surface area (Å²) in [4.78, 5) is 11.7. The molecule has 3 aromatic rings. The van der Waals surface area contributed by atoms with Crippen LogP contribution in [0.2, 0.25) is 0 Å². The summed E-state index contributed by atoms with van der Waals surface area (Å²) in [6, 6.07) is 23.0. The predicted octanol–water partition coefficient (Wildman–Crippen LogP) is 4.93. The number of hydrogen-bond acceptors (Lipinski definition) is 1. The lowest BCUT2D eigenvalue weighted by Gasteiger charge is -2.26. The lowest BCUT2D eigenvalue weighted by Crippen LogP contribution is -2.15. The molecule has 106 valence electrons. The lowest BCUT2D eigenvalue weighted by molar-refractivity contribution is -0.109. The molecule has 0 bridgehead atoms. The Kier molecular flexibility index (Phi) is 3.12. The Morgan fingerprint density at radius 3 is 2.45 bits per heavy atom. The third-order valence-electron chi connectivity index (χ3n) is 4.53. The van der Waals surface area contributed by atoms with E-state index in [1.54, 1.807) is 0 Å². The van der Waals surface area contributed by atoms with Crippen molar-refractivity contribution in [3.05, 3.63) is 89.5 Å². The second-order valence-corrected chi connectivity index (χ2v) is 5.78. The maximum atomic E-state index is 11.7. The van der Waals surface area contributed by atoms with E-state index < -0.39 is 0 Å². The number of carbonyl (C=O) groups excluding carboxylic acids is 1. The standard InChI is InChI=1S/C21H16O/c22-14-21-19-8-4-3-6-16(19)11-12-20(21)18-10-9-15-5-1-2-7-17(15)13-18/h1-14,20-21H/t20-,21+/m1/s1. The van der Waals surface area contributed by atoms with E-state index in [-0.39, 0.29) is 11.8 Å². The van der Waals surface area contributed by atoms with Gasteiger partial charge in [0.25, 0.3) is 0 Å². The fourth-order valence-corrected chi connectivity index (χ4v) is 3.38. The summed E-state index contributed by atoms with van der Waals surface area (Å²) >= 11 is 0. The van der Waals surface area contributed by atoms with Gasteiger partial charge in [0.15, 0.2) is 0 Å². The molecule has 0 heterocycles. The fourth-order valence-electron chi connectivity index (χ4n) is 3.38. The Morgan fingerprint density at radius 1 is 0.818 bits per heavy atom. The first-order valence-corrected chi connectivity index (χ1v) is 7.58. The van der Waals surface area contributed by atoms with E-state index in [0.29, 0.717) is 0 Å². The van der Waals surface area contributed by atoms with Crippen molar-refractivity contribution in [1.29, 1.82) is 0 Å². The number of fused-ring (bicyclic) bond motifs is 2. The third kappa shape index (κ3) is 2.06. The number of allylic oxidation sites excluding steroid dienone is 1. The van der Waals surface area contributed by atoms with Crippen LogP contribution < -0.4 is 0 Å². The van der Waals surface area contributed by atoms with Gasteiger partial charge < -0.3 is 4.79 Å². The first kappa shape index (κ1) is 13.0. The number of rotatable bonds is 2. The Labute approximate surface area is 129 Å². The van der Waals surface area contributed by atoms with Crippen LogP contribution in [-0.2, 0) is 4.79 Å². The van der Waals surface area contributed by atoms with Gasteiger partial charge in [0.05, 0.1) is 5.92 Å². The summed E-state index contributed by atoms with van der Waals surface area (Å²) in [7, 11) is 0. The van der Waals surface area contributed by atoms with Crippen molar-refractivity contribution in [1.82, 2.24) is 0 Å². The van der Waals surface area contributed by atoms with Crippen LogP contribution in [0.3, 0.4) is 0 Å². The van der Waals surface area contributed by atoms with Crippen LogP contribution in [0, 0.1) is 0 Å². The van der Waals surface area contributed by atoms with E-state index in [1.165, 1.54) is 16.3 Å². The third-order valence-corrected chi connectivity index (χ3v) is 4.53. The second-order valence-electron chi connectivity index (χ2n) is 5.78. The largest absolute Gasteiger partial charge is 0.303 e. The Hall–Kier alpha value is -2.67. The van der Waals surface area contributed by atoms with Crippen molar-refractivity contribution < 1.29 is 4.79 Å². The lowest BCUT2D eigenvalue weighted by atomic mass is 9.76. The summed E-state index contributed by atoms with van der Waals surface area (Å²) < 4.78 is 0. The van der Waals surface area contributed by atoms with Gasteiger partial charge in [-0.3, -0.25) is 0 Å². The maximum absolute atomic E-state index is 11.7. The van der Waals surface area contributed by atoms with Gasteiger partial charge in [-0.25, -0.2) is 0 Å². The van der Waals surface area contributed by atoms with Gasteiger partial charge in [-0.05, 0) is 27.5 Å². The number of carbonyl (C=O) groups is 1. The first-order chi connectivity index (χ1) is 10.9. The molecule has 1 aliphatic carbocycles. The van der Waals surface area contributed by atoms with Crippen LogP contribution in [0.25, 0.3) is 16.8 Å². The van der Waals surface area contributed by atoms with Gasteiger partial charge >= 0.3 is 0 Å². The molecule has 0 amide bonds. The van der Waals surface area contributed by atoms with Gasteiger partial charge in [-0.1, -0.05) is 78.9 Å². The molecule has 0 saturated heterocycles. The normalized spacial score (nSPS) is 19.8. The molecule has 1 aliphatic rings. The molecule has 0 aliphatic heterocycles. The van der Waals surface area contributed by atoms with Gasteiger partial charge in [0, 0.05) is 5.92 Å². The van der Waals surface area contributed by atoms with E-state index in [4.69, 9.17) is 0 Å². The SMILES string of the molecule is O=C[C@H]1c2ccccc2C=C[C@@H]1c1ccc2ccccc2c1. The minimum absolute atomic E-state index is 0.108. The molecule has 0 N–H and O–H groups in total. The summed E-state index contributed by atoms with van der Waals surface area (Å²) in [6.45, 7) is 0. The van der Waals surface area contributed by atoms with Crippen LogP contribution in [-0.4, -0.2) is 6.29 Å². The molecule has 0 saturated carbocycles. The average molecular weight is 284 g/mol.